The topological polar surface area (TPSA) is 125 Å². The summed E-state index contributed by atoms with van der Waals surface area (Å²) in [6.07, 6.45) is 10.9. The van der Waals surface area contributed by atoms with Gasteiger partial charge in [0.1, 0.15) is 22.3 Å². The van der Waals surface area contributed by atoms with Crippen LogP contribution in [0.5, 0.6) is 5.75 Å². The van der Waals surface area contributed by atoms with Gasteiger partial charge in [0, 0.05) is 56.5 Å². The number of carbonyl (C=O) groups is 2. The van der Waals surface area contributed by atoms with E-state index >= 15 is 0 Å². The van der Waals surface area contributed by atoms with Crippen LogP contribution < -0.4 is 14.4 Å². The van der Waals surface area contributed by atoms with E-state index in [9.17, 15) is 13.8 Å². The molecule has 1 unspecified atom stereocenters. The Morgan fingerprint density at radius 3 is 2.75 bits per heavy atom. The number of ether oxygens (including phenoxy) is 5. The summed E-state index contributed by atoms with van der Waals surface area (Å²) in [5.41, 5.74) is 3.34. The number of rotatable bonds is 7. The number of carbonyl (C=O) groups excluding carboxylic acids is 2. The van der Waals surface area contributed by atoms with Gasteiger partial charge >= 0.3 is 0 Å². The fourth-order valence-electron chi connectivity index (χ4n) is 8.86. The molecule has 1 spiro atoms. The number of fused-ring (bicyclic) bond motifs is 4. The van der Waals surface area contributed by atoms with Crippen LogP contribution in [0.25, 0.3) is 0 Å². The van der Waals surface area contributed by atoms with E-state index in [0.29, 0.717) is 63.2 Å². The Bertz CT molecular complexity index is 1810. The van der Waals surface area contributed by atoms with Gasteiger partial charge in [0.05, 0.1) is 36.9 Å². The molecule has 53 heavy (non-hydrogen) atoms. The second-order valence-electron chi connectivity index (χ2n) is 15.3. The normalized spacial score (nSPS) is 31.2. The molecule has 6 atom stereocenters. The number of amides is 2. The van der Waals surface area contributed by atoms with Crippen molar-refractivity contribution in [2.75, 3.05) is 71.0 Å². The summed E-state index contributed by atoms with van der Waals surface area (Å²) in [5.74, 6) is -0.250. The van der Waals surface area contributed by atoms with Gasteiger partial charge in [-0.15, -0.1) is 4.36 Å². The molecule has 0 aromatic heterocycles. The Hall–Kier alpha value is -3.00. The Balaban J connectivity index is 1.26. The number of halogens is 1. The molecule has 1 N–H and O–H groups in total. The molecule has 7 rings (SSSR count). The maximum atomic E-state index is 14.6. The lowest BCUT2D eigenvalue weighted by Gasteiger charge is -2.46. The maximum absolute atomic E-state index is 14.6. The highest BCUT2D eigenvalue weighted by Gasteiger charge is 2.44. The number of allylic oxidation sites excluding steroid dienone is 1. The minimum atomic E-state index is -3.60. The molecule has 288 valence electrons. The smallest absolute Gasteiger partial charge is 0.286 e. The van der Waals surface area contributed by atoms with E-state index in [1.807, 2.05) is 18.2 Å². The van der Waals surface area contributed by atoms with Crippen molar-refractivity contribution in [2.45, 2.75) is 69.0 Å². The highest BCUT2D eigenvalue weighted by Crippen LogP contribution is 2.47. The molecule has 2 aromatic rings. The van der Waals surface area contributed by atoms with Crippen molar-refractivity contribution in [2.24, 2.45) is 22.1 Å². The molecule has 3 heterocycles. The minimum absolute atomic E-state index is 0.0737. The van der Waals surface area contributed by atoms with E-state index in [1.54, 1.807) is 20.3 Å². The molecule has 2 bridgehead atoms. The average molecular weight is 770 g/mol. The molecular formula is C40H52ClN3O8S. The van der Waals surface area contributed by atoms with E-state index in [-0.39, 0.29) is 48.1 Å². The predicted octanol–water partition coefficient (Wildman–Crippen LogP) is 5.91. The summed E-state index contributed by atoms with van der Waals surface area (Å²) in [6.45, 7) is 3.08. The Kier molecular flexibility index (Phi) is 12.1. The van der Waals surface area contributed by atoms with Crippen LogP contribution in [0.3, 0.4) is 0 Å². The van der Waals surface area contributed by atoms with Crippen LogP contribution in [0, 0.1) is 17.8 Å². The van der Waals surface area contributed by atoms with Crippen LogP contribution in [0.1, 0.15) is 66.4 Å². The van der Waals surface area contributed by atoms with Gasteiger partial charge in [0.2, 0.25) is 0 Å². The number of anilines is 1. The van der Waals surface area contributed by atoms with Crippen molar-refractivity contribution in [1.82, 2.24) is 4.72 Å². The number of nitrogens with one attached hydrogen (secondary N) is 1. The van der Waals surface area contributed by atoms with Crippen LogP contribution in [-0.4, -0.2) is 94.3 Å². The Morgan fingerprint density at radius 1 is 1.13 bits per heavy atom. The number of aryl methyl sites for hydroxylation is 1. The number of hydrogen-bond acceptors (Lipinski definition) is 9. The second kappa shape index (κ2) is 16.8. The van der Waals surface area contributed by atoms with Gasteiger partial charge in [-0.1, -0.05) is 29.8 Å². The lowest BCUT2D eigenvalue weighted by atomic mass is 9.68. The lowest BCUT2D eigenvalue weighted by molar-refractivity contribution is -0.128. The third-order valence-corrected chi connectivity index (χ3v) is 13.9. The third-order valence-electron chi connectivity index (χ3n) is 11.7. The standard InChI is InChI=1S/C40H52ClN3O8S/c1-48-22-27-5-3-7-36(49-2)33-11-8-30(33)21-44-25-40(16-4-6-28-19-31(41)10-12-34(28)40)26-52-37-13-9-29(20-35(37)44)39(46)43-53(47,24-27)42-38(45)23-51-32-14-17-50-18-15-32/h3,7,9-10,12-13,19-20,27,30,32-33,36H,4-6,8,11,14-18,21-26H2,1-2H3,(H,42,43,45,46,47)/b7-3-/t27-,30+,33-,36+,40+,53?/m1/s1. The highest BCUT2D eigenvalue weighted by molar-refractivity contribution is 7.92. The van der Waals surface area contributed by atoms with Gasteiger partial charge in [0.25, 0.3) is 11.8 Å². The number of benzene rings is 2. The molecule has 5 aliphatic rings. The molecule has 3 aliphatic heterocycles. The van der Waals surface area contributed by atoms with E-state index in [0.717, 1.165) is 49.4 Å². The third kappa shape index (κ3) is 8.79. The van der Waals surface area contributed by atoms with E-state index in [2.05, 4.69) is 38.3 Å². The first-order valence-corrected chi connectivity index (χ1v) is 21.0. The molecule has 1 saturated carbocycles. The molecule has 0 radical (unpaired) electrons. The zero-order chi connectivity index (χ0) is 37.0. The fourth-order valence-corrected chi connectivity index (χ4v) is 10.9. The molecule has 2 amide bonds. The van der Waals surface area contributed by atoms with E-state index in [1.165, 1.54) is 11.1 Å². The molecule has 2 fully saturated rings. The lowest BCUT2D eigenvalue weighted by Crippen LogP contribution is -2.49. The number of hydrogen-bond donors (Lipinski definition) is 1. The predicted molar refractivity (Wildman–Crippen MR) is 204 cm³/mol. The Labute approximate surface area is 318 Å². The number of methoxy groups -OCH3 is 2. The summed E-state index contributed by atoms with van der Waals surface area (Å²) in [6, 6.07) is 11.5. The van der Waals surface area contributed by atoms with Crippen molar-refractivity contribution in [3.63, 3.8) is 0 Å². The van der Waals surface area contributed by atoms with E-state index < -0.39 is 21.7 Å². The van der Waals surface area contributed by atoms with E-state index in [4.69, 9.17) is 35.3 Å². The van der Waals surface area contributed by atoms with Crippen LogP contribution in [0.4, 0.5) is 5.69 Å². The number of nitrogens with zero attached hydrogens (tertiary/aromatic N) is 2. The first-order valence-electron chi connectivity index (χ1n) is 19.0. The molecule has 2 aliphatic carbocycles. The summed E-state index contributed by atoms with van der Waals surface area (Å²) in [7, 11) is -0.260. The van der Waals surface area contributed by atoms with Crippen LogP contribution >= 0.6 is 11.6 Å². The van der Waals surface area contributed by atoms with Crippen LogP contribution in [-0.2, 0) is 45.5 Å². The molecule has 1 saturated heterocycles. The van der Waals surface area contributed by atoms with Crippen molar-refractivity contribution in [3.8, 4) is 5.75 Å². The van der Waals surface area contributed by atoms with Crippen LogP contribution in [0.2, 0.25) is 5.02 Å². The van der Waals surface area contributed by atoms with Crippen molar-refractivity contribution in [1.29, 1.82) is 0 Å². The zero-order valence-electron chi connectivity index (χ0n) is 30.8. The summed E-state index contributed by atoms with van der Waals surface area (Å²) in [4.78, 5) is 29.7. The van der Waals surface area contributed by atoms with Gasteiger partial charge < -0.3 is 28.6 Å². The van der Waals surface area contributed by atoms with Crippen molar-refractivity contribution in [3.05, 3.63) is 70.3 Å². The van der Waals surface area contributed by atoms with Gasteiger partial charge in [-0.05, 0) is 111 Å². The average Bonchev–Trinajstić information content (AvgIpc) is 3.28. The summed E-state index contributed by atoms with van der Waals surface area (Å²) in [5, 5.41) is 0.736. The van der Waals surface area contributed by atoms with Gasteiger partial charge in [0.15, 0.2) is 0 Å². The SMILES string of the molecule is COC[C@H]1C/C=C\[C@H](OC)[C@@H]2CC[C@H]2CN2C[C@@]3(CCCc4cc(Cl)ccc43)COc3ccc(cc32)C(=O)N=S(=O)(NC(=O)COC2CCOCC2)C1. The summed E-state index contributed by atoms with van der Waals surface area (Å²) < 4.78 is 51.0. The van der Waals surface area contributed by atoms with Gasteiger partial charge in [-0.2, -0.15) is 0 Å². The molecule has 11 nitrogen and oxygen atoms in total. The minimum Gasteiger partial charge on any atom is -0.490 e. The van der Waals surface area contributed by atoms with Crippen molar-refractivity contribution >= 4 is 39.0 Å². The Morgan fingerprint density at radius 2 is 1.98 bits per heavy atom. The fraction of sp³-hybridized carbons (Fsp3) is 0.600. The summed E-state index contributed by atoms with van der Waals surface area (Å²) >= 11 is 6.46. The zero-order valence-corrected chi connectivity index (χ0v) is 32.3. The largest absolute Gasteiger partial charge is 0.490 e. The second-order valence-corrected chi connectivity index (χ2v) is 17.8. The monoisotopic (exact) mass is 769 g/mol. The quantitative estimate of drug-likeness (QED) is 0.343. The molecule has 2 aromatic carbocycles. The van der Waals surface area contributed by atoms with Gasteiger partial charge in [-0.25, -0.2) is 4.21 Å². The van der Waals surface area contributed by atoms with Gasteiger partial charge in [-0.3, -0.25) is 14.3 Å². The molecule has 13 heteroatoms. The maximum Gasteiger partial charge on any atom is 0.286 e. The van der Waals surface area contributed by atoms with Crippen molar-refractivity contribution < 1.29 is 37.5 Å². The first-order chi connectivity index (χ1) is 25.7. The highest BCUT2D eigenvalue weighted by atomic mass is 35.5. The van der Waals surface area contributed by atoms with Crippen LogP contribution in [0.15, 0.2) is 52.9 Å². The molecular weight excluding hydrogens is 718 g/mol. The first kappa shape index (κ1) is 38.3.